The minimum atomic E-state index is -0.520. The summed E-state index contributed by atoms with van der Waals surface area (Å²) in [6.45, 7) is 2.97. The Morgan fingerprint density at radius 1 is 1.00 bits per heavy atom. The molecule has 0 aliphatic heterocycles. The van der Waals surface area contributed by atoms with E-state index >= 15 is 0 Å². The second-order valence-electron chi connectivity index (χ2n) is 5.68. The lowest BCUT2D eigenvalue weighted by Gasteiger charge is -2.24. The predicted octanol–water partition coefficient (Wildman–Crippen LogP) is 1.42. The van der Waals surface area contributed by atoms with Crippen LogP contribution in [-0.2, 0) is 14.4 Å². The summed E-state index contributed by atoms with van der Waals surface area (Å²) in [4.78, 5) is 35.6. The van der Waals surface area contributed by atoms with E-state index in [4.69, 9.17) is 0 Å². The van der Waals surface area contributed by atoms with Gasteiger partial charge in [0.2, 0.25) is 0 Å². The molecule has 0 N–H and O–H groups in total. The first kappa shape index (κ1) is 10.9. The quantitative estimate of drug-likeness (QED) is 0.534. The molecule has 0 amide bonds. The fourth-order valence-electron chi connectivity index (χ4n) is 4.35. The number of carbonyl (C=O) groups excluding carboxylic acids is 3. The molecule has 90 valence electrons. The minimum Gasteiger partial charge on any atom is -0.299 e. The van der Waals surface area contributed by atoms with E-state index in [2.05, 4.69) is 12.2 Å². The van der Waals surface area contributed by atoms with Crippen LogP contribution < -0.4 is 0 Å². The molecule has 0 unspecified atom stereocenters. The molecule has 0 aromatic carbocycles. The number of carbonyl (C=O) groups is 3. The van der Waals surface area contributed by atoms with E-state index in [0.717, 1.165) is 6.42 Å². The molecule has 6 atom stereocenters. The minimum absolute atomic E-state index is 0.0605. The molecular formula is C14H16O3. The van der Waals surface area contributed by atoms with Crippen molar-refractivity contribution < 1.29 is 14.4 Å². The molecule has 3 aliphatic rings. The maximum absolute atomic E-state index is 12.3. The first-order chi connectivity index (χ1) is 8.02. The van der Waals surface area contributed by atoms with Crippen LogP contribution in [-0.4, -0.2) is 17.3 Å². The molecular weight excluding hydrogens is 216 g/mol. The third kappa shape index (κ3) is 1.25. The maximum atomic E-state index is 12.3. The van der Waals surface area contributed by atoms with Gasteiger partial charge in [-0.1, -0.05) is 12.2 Å². The molecule has 0 saturated heterocycles. The average molecular weight is 232 g/mol. The standard InChI is InChI=1S/C14H16O3/c1-6(15)10-12-8-3-4-9(5-8)13(12)11(7(2)16)14(10)17/h3-4,8-13H,5H2,1-2H3/t8-,9-,10-,11-,12+,13+/m0/s1. The normalized spacial score (nSPS) is 46.4. The number of rotatable bonds is 2. The highest BCUT2D eigenvalue weighted by Crippen LogP contribution is 2.58. The van der Waals surface area contributed by atoms with Gasteiger partial charge in [-0.2, -0.15) is 0 Å². The summed E-state index contributed by atoms with van der Waals surface area (Å²) in [5.74, 6) is -0.391. The van der Waals surface area contributed by atoms with Crippen molar-refractivity contribution in [1.29, 1.82) is 0 Å². The maximum Gasteiger partial charge on any atom is 0.154 e. The molecule has 2 saturated carbocycles. The van der Waals surface area contributed by atoms with E-state index in [1.165, 1.54) is 13.8 Å². The number of ketones is 3. The van der Waals surface area contributed by atoms with Crippen LogP contribution in [0.3, 0.4) is 0 Å². The smallest absolute Gasteiger partial charge is 0.154 e. The van der Waals surface area contributed by atoms with E-state index in [1.807, 2.05) is 0 Å². The van der Waals surface area contributed by atoms with Crippen molar-refractivity contribution in [2.75, 3.05) is 0 Å². The molecule has 0 heterocycles. The van der Waals surface area contributed by atoms with Crippen molar-refractivity contribution >= 4 is 17.3 Å². The van der Waals surface area contributed by atoms with E-state index in [0.29, 0.717) is 11.8 Å². The van der Waals surface area contributed by atoms with Gasteiger partial charge in [-0.15, -0.1) is 0 Å². The van der Waals surface area contributed by atoms with Crippen molar-refractivity contribution in [1.82, 2.24) is 0 Å². The molecule has 3 nitrogen and oxygen atoms in total. The van der Waals surface area contributed by atoms with Gasteiger partial charge in [0, 0.05) is 0 Å². The lowest BCUT2D eigenvalue weighted by molar-refractivity contribution is -0.135. The lowest BCUT2D eigenvalue weighted by atomic mass is 9.78. The lowest BCUT2D eigenvalue weighted by Crippen LogP contribution is -2.28. The summed E-state index contributed by atoms with van der Waals surface area (Å²) >= 11 is 0. The van der Waals surface area contributed by atoms with Gasteiger partial charge in [-0.3, -0.25) is 14.4 Å². The number of fused-ring (bicyclic) bond motifs is 5. The van der Waals surface area contributed by atoms with Crippen molar-refractivity contribution in [3.05, 3.63) is 12.2 Å². The molecule has 2 fully saturated rings. The van der Waals surface area contributed by atoms with Crippen LogP contribution in [0.15, 0.2) is 12.2 Å². The summed E-state index contributed by atoms with van der Waals surface area (Å²) in [7, 11) is 0. The molecule has 3 heteroatoms. The van der Waals surface area contributed by atoms with Crippen LogP contribution in [0.5, 0.6) is 0 Å². The Hall–Kier alpha value is -1.25. The second kappa shape index (κ2) is 3.37. The Kier molecular flexibility index (Phi) is 2.16. The first-order valence-corrected chi connectivity index (χ1v) is 6.25. The molecule has 0 radical (unpaired) electrons. The Morgan fingerprint density at radius 2 is 1.41 bits per heavy atom. The zero-order valence-corrected chi connectivity index (χ0v) is 10.1. The van der Waals surface area contributed by atoms with Crippen LogP contribution in [0.25, 0.3) is 0 Å². The zero-order valence-electron chi connectivity index (χ0n) is 10.1. The summed E-state index contributed by atoms with van der Waals surface area (Å²) in [5.41, 5.74) is 0. The number of hydrogen-bond acceptors (Lipinski definition) is 3. The Morgan fingerprint density at radius 3 is 1.76 bits per heavy atom. The third-order valence-electron chi connectivity index (χ3n) is 4.84. The Balaban J connectivity index is 2.06. The molecule has 17 heavy (non-hydrogen) atoms. The van der Waals surface area contributed by atoms with E-state index in [9.17, 15) is 14.4 Å². The SMILES string of the molecule is CC(=O)[C@@H]1C(=O)[C@@H](C(C)=O)[C@@H]2[C@@H]1[C@H]1C=C[C@H]2C1. The fraction of sp³-hybridized carbons (Fsp3) is 0.643. The van der Waals surface area contributed by atoms with Gasteiger partial charge in [-0.25, -0.2) is 0 Å². The molecule has 0 aromatic rings. The summed E-state index contributed by atoms with van der Waals surface area (Å²) in [5, 5.41) is 0. The molecule has 3 rings (SSSR count). The first-order valence-electron chi connectivity index (χ1n) is 6.25. The highest BCUT2D eigenvalue weighted by Gasteiger charge is 2.62. The van der Waals surface area contributed by atoms with Gasteiger partial charge in [-0.05, 0) is 43.9 Å². The van der Waals surface area contributed by atoms with Gasteiger partial charge < -0.3 is 0 Å². The Labute approximate surface area is 100 Å². The van der Waals surface area contributed by atoms with E-state index in [1.54, 1.807) is 0 Å². The molecule has 3 aliphatic carbocycles. The second-order valence-corrected chi connectivity index (χ2v) is 5.68. The number of hydrogen-bond donors (Lipinski definition) is 0. The highest BCUT2D eigenvalue weighted by molar-refractivity contribution is 6.13. The van der Waals surface area contributed by atoms with Crippen LogP contribution in [0.2, 0.25) is 0 Å². The van der Waals surface area contributed by atoms with Crippen molar-refractivity contribution in [3.8, 4) is 0 Å². The van der Waals surface area contributed by atoms with Crippen LogP contribution in [0, 0.1) is 35.5 Å². The van der Waals surface area contributed by atoms with Gasteiger partial charge >= 0.3 is 0 Å². The molecule has 0 aromatic heterocycles. The van der Waals surface area contributed by atoms with Crippen molar-refractivity contribution in [2.45, 2.75) is 20.3 Å². The highest BCUT2D eigenvalue weighted by atomic mass is 16.2. The van der Waals surface area contributed by atoms with Crippen LogP contribution in [0.4, 0.5) is 0 Å². The molecule has 2 bridgehead atoms. The topological polar surface area (TPSA) is 51.2 Å². The van der Waals surface area contributed by atoms with Gasteiger partial charge in [0.15, 0.2) is 5.78 Å². The van der Waals surface area contributed by atoms with Crippen molar-refractivity contribution in [3.63, 3.8) is 0 Å². The molecule has 0 spiro atoms. The van der Waals surface area contributed by atoms with Crippen LogP contribution in [0.1, 0.15) is 20.3 Å². The summed E-state index contributed by atoms with van der Waals surface area (Å²) in [6, 6.07) is 0. The number of allylic oxidation sites excluding steroid dienone is 2. The van der Waals surface area contributed by atoms with Gasteiger partial charge in [0.25, 0.3) is 0 Å². The Bertz CT molecular complexity index is 410. The monoisotopic (exact) mass is 232 g/mol. The van der Waals surface area contributed by atoms with E-state index < -0.39 is 11.8 Å². The summed E-state index contributed by atoms with van der Waals surface area (Å²) in [6.07, 6.45) is 5.30. The zero-order chi connectivity index (χ0) is 12.3. The third-order valence-corrected chi connectivity index (χ3v) is 4.84. The van der Waals surface area contributed by atoms with E-state index in [-0.39, 0.29) is 29.2 Å². The number of Topliss-reactive ketones (excluding diaryl/α,β-unsaturated/α-hetero) is 3. The predicted molar refractivity (Wildman–Crippen MR) is 61.1 cm³/mol. The van der Waals surface area contributed by atoms with Gasteiger partial charge in [0.1, 0.15) is 11.6 Å². The van der Waals surface area contributed by atoms with Crippen molar-refractivity contribution in [2.24, 2.45) is 35.5 Å². The fourth-order valence-corrected chi connectivity index (χ4v) is 4.35. The van der Waals surface area contributed by atoms with Crippen LogP contribution >= 0.6 is 0 Å². The summed E-state index contributed by atoms with van der Waals surface area (Å²) < 4.78 is 0. The average Bonchev–Trinajstić information content (AvgIpc) is 2.84. The van der Waals surface area contributed by atoms with Gasteiger partial charge in [0.05, 0.1) is 11.8 Å². The largest absolute Gasteiger partial charge is 0.299 e.